The second-order valence-electron chi connectivity index (χ2n) is 6.64. The first-order chi connectivity index (χ1) is 11.8. The number of nitrogens with zero attached hydrogens (tertiary/aromatic N) is 1. The topological polar surface area (TPSA) is 32.3 Å². The first-order valence-electron chi connectivity index (χ1n) is 9.09. The minimum absolute atomic E-state index is 0.0844. The summed E-state index contributed by atoms with van der Waals surface area (Å²) in [7, 11) is 0. The molecule has 0 radical (unpaired) electrons. The van der Waals surface area contributed by atoms with Crippen LogP contribution in [0.4, 0.5) is 0 Å². The molecule has 0 unspecified atom stereocenters. The lowest BCUT2D eigenvalue weighted by Crippen LogP contribution is -2.43. The van der Waals surface area contributed by atoms with E-state index in [9.17, 15) is 4.79 Å². The second kappa shape index (κ2) is 9.16. The van der Waals surface area contributed by atoms with Gasteiger partial charge in [0.15, 0.2) is 0 Å². The van der Waals surface area contributed by atoms with Crippen LogP contribution >= 0.6 is 23.5 Å². The van der Waals surface area contributed by atoms with E-state index in [1.165, 1.54) is 43.9 Å². The van der Waals surface area contributed by atoms with Crippen LogP contribution in [0.25, 0.3) is 0 Å². The highest BCUT2D eigenvalue weighted by Crippen LogP contribution is 2.27. The third-order valence-electron chi connectivity index (χ3n) is 5.05. The fourth-order valence-corrected chi connectivity index (χ4v) is 5.66. The maximum atomic E-state index is 12.5. The first-order valence-corrected chi connectivity index (χ1v) is 11.2. The smallest absolute Gasteiger partial charge is 0.252 e. The van der Waals surface area contributed by atoms with Crippen LogP contribution in [0.3, 0.4) is 0 Å². The Kier molecular flexibility index (Phi) is 6.93. The molecule has 0 aliphatic carbocycles. The number of carbonyl (C=O) groups is 1. The summed E-state index contributed by atoms with van der Waals surface area (Å²) >= 11 is 3.83. The van der Waals surface area contributed by atoms with E-state index in [4.69, 9.17) is 0 Å². The van der Waals surface area contributed by atoms with Crippen LogP contribution in [0.5, 0.6) is 0 Å². The molecular weight excluding hydrogens is 336 g/mol. The number of carbonyl (C=O) groups excluding carboxylic acids is 1. The van der Waals surface area contributed by atoms with Crippen LogP contribution < -0.4 is 5.32 Å². The van der Waals surface area contributed by atoms with Crippen LogP contribution in [0.1, 0.15) is 36.5 Å². The molecule has 0 aromatic heterocycles. The van der Waals surface area contributed by atoms with Crippen LogP contribution in [-0.4, -0.2) is 53.7 Å². The lowest BCUT2D eigenvalue weighted by Gasteiger charge is -2.35. The van der Waals surface area contributed by atoms with Crippen molar-refractivity contribution in [3.05, 3.63) is 29.8 Å². The summed E-state index contributed by atoms with van der Waals surface area (Å²) in [6, 6.07) is 8.75. The Morgan fingerprint density at radius 1 is 1.29 bits per heavy atom. The fourth-order valence-electron chi connectivity index (χ4n) is 3.60. The molecule has 1 aromatic carbocycles. The average Bonchev–Trinajstić information content (AvgIpc) is 3.15. The number of benzene rings is 1. The fraction of sp³-hybridized carbons (Fsp3) is 0.632. The van der Waals surface area contributed by atoms with Gasteiger partial charge in [0.25, 0.3) is 5.91 Å². The van der Waals surface area contributed by atoms with Crippen molar-refractivity contribution >= 4 is 29.4 Å². The molecule has 3 nitrogen and oxygen atoms in total. The normalized spacial score (nSPS) is 22.6. The van der Waals surface area contributed by atoms with E-state index in [0.717, 1.165) is 28.8 Å². The van der Waals surface area contributed by atoms with Gasteiger partial charge in [-0.3, -0.25) is 9.69 Å². The zero-order valence-corrected chi connectivity index (χ0v) is 16.1. The van der Waals surface area contributed by atoms with Crippen molar-refractivity contribution in [3.8, 4) is 0 Å². The van der Waals surface area contributed by atoms with E-state index in [-0.39, 0.29) is 5.91 Å². The molecule has 0 saturated carbocycles. The predicted octanol–water partition coefficient (Wildman–Crippen LogP) is 3.75. The zero-order valence-electron chi connectivity index (χ0n) is 14.5. The summed E-state index contributed by atoms with van der Waals surface area (Å²) in [5.41, 5.74) is 0.824. The lowest BCUT2D eigenvalue weighted by molar-refractivity contribution is 0.0925. The number of piperidine rings is 1. The van der Waals surface area contributed by atoms with Gasteiger partial charge < -0.3 is 5.32 Å². The number of nitrogens with one attached hydrogen (secondary N) is 1. The number of thioether (sulfide) groups is 2. The van der Waals surface area contributed by atoms with E-state index in [1.54, 1.807) is 11.8 Å². The van der Waals surface area contributed by atoms with Gasteiger partial charge in [-0.1, -0.05) is 19.1 Å². The molecule has 0 spiro atoms. The summed E-state index contributed by atoms with van der Waals surface area (Å²) < 4.78 is 0. The third kappa shape index (κ3) is 4.70. The minimum atomic E-state index is 0.0844. The molecule has 2 fully saturated rings. The molecule has 2 heterocycles. The molecule has 2 saturated heterocycles. The molecule has 1 amide bonds. The molecule has 0 bridgehead atoms. The number of likely N-dealkylation sites (tertiary alicyclic amines) is 1. The summed E-state index contributed by atoms with van der Waals surface area (Å²) in [5.74, 6) is 4.34. The summed E-state index contributed by atoms with van der Waals surface area (Å²) in [6.07, 6.45) is 3.79. The molecule has 2 aliphatic heterocycles. The van der Waals surface area contributed by atoms with Crippen molar-refractivity contribution in [3.63, 3.8) is 0 Å². The van der Waals surface area contributed by atoms with Crippen molar-refractivity contribution < 1.29 is 4.79 Å². The van der Waals surface area contributed by atoms with Crippen LogP contribution in [0, 0.1) is 5.92 Å². The van der Waals surface area contributed by atoms with Gasteiger partial charge in [-0.25, -0.2) is 0 Å². The second-order valence-corrected chi connectivity index (χ2v) is 9.09. The number of rotatable bonds is 6. The minimum Gasteiger partial charge on any atom is -0.352 e. The lowest BCUT2D eigenvalue weighted by atomic mass is 9.95. The molecule has 3 rings (SSSR count). The van der Waals surface area contributed by atoms with Crippen molar-refractivity contribution in [2.24, 2.45) is 5.92 Å². The van der Waals surface area contributed by atoms with Gasteiger partial charge in [-0.2, -0.15) is 11.8 Å². The van der Waals surface area contributed by atoms with E-state index < -0.39 is 0 Å². The van der Waals surface area contributed by atoms with E-state index >= 15 is 0 Å². The maximum Gasteiger partial charge on any atom is 0.252 e. The molecule has 24 heavy (non-hydrogen) atoms. The van der Waals surface area contributed by atoms with Gasteiger partial charge in [0, 0.05) is 23.2 Å². The standard InChI is InChI=1S/C19H28N2OS2/c1-2-24-18-6-4-3-5-17(18)19(22)20-13-15-7-10-21(11-8-15)16-9-12-23-14-16/h3-6,15-16H,2,7-14H2,1H3,(H,20,22)/t16-/m1/s1. The summed E-state index contributed by atoms with van der Waals surface area (Å²) in [5, 5.41) is 3.18. The van der Waals surface area contributed by atoms with Crippen LogP contribution in [0.15, 0.2) is 29.2 Å². The molecule has 1 aromatic rings. The van der Waals surface area contributed by atoms with Crippen molar-refractivity contribution in [1.82, 2.24) is 10.2 Å². The van der Waals surface area contributed by atoms with Gasteiger partial charge in [-0.05, 0) is 61.9 Å². The SMILES string of the molecule is CCSc1ccccc1C(=O)NCC1CCN([C@@H]2CCSC2)CC1. The van der Waals surface area contributed by atoms with Crippen molar-refractivity contribution in [2.75, 3.05) is 36.9 Å². The summed E-state index contributed by atoms with van der Waals surface area (Å²) in [6.45, 7) is 5.34. The van der Waals surface area contributed by atoms with Crippen molar-refractivity contribution in [2.45, 2.75) is 37.1 Å². The molecule has 132 valence electrons. The predicted molar refractivity (Wildman–Crippen MR) is 105 cm³/mol. The Morgan fingerprint density at radius 2 is 2.08 bits per heavy atom. The van der Waals surface area contributed by atoms with E-state index in [0.29, 0.717) is 5.92 Å². The Bertz CT molecular complexity index is 538. The average molecular weight is 365 g/mol. The molecule has 2 aliphatic rings. The zero-order chi connectivity index (χ0) is 16.8. The van der Waals surface area contributed by atoms with E-state index in [2.05, 4.69) is 28.9 Å². The highest BCUT2D eigenvalue weighted by atomic mass is 32.2. The van der Waals surface area contributed by atoms with Gasteiger partial charge in [0.05, 0.1) is 5.56 Å². The third-order valence-corrected chi connectivity index (χ3v) is 7.15. The summed E-state index contributed by atoms with van der Waals surface area (Å²) in [4.78, 5) is 16.3. The maximum absolute atomic E-state index is 12.5. The molecular formula is C19H28N2OS2. The molecule has 5 heteroatoms. The highest BCUT2D eigenvalue weighted by Gasteiger charge is 2.27. The number of hydrogen-bond donors (Lipinski definition) is 1. The Labute approximate surface area is 154 Å². The highest BCUT2D eigenvalue weighted by molar-refractivity contribution is 7.99. The van der Waals surface area contributed by atoms with Crippen molar-refractivity contribution in [1.29, 1.82) is 0 Å². The van der Waals surface area contributed by atoms with Crippen LogP contribution in [-0.2, 0) is 0 Å². The van der Waals surface area contributed by atoms with Gasteiger partial charge in [0.1, 0.15) is 0 Å². The van der Waals surface area contributed by atoms with Gasteiger partial charge >= 0.3 is 0 Å². The quantitative estimate of drug-likeness (QED) is 0.779. The Morgan fingerprint density at radius 3 is 2.79 bits per heavy atom. The molecule has 1 atom stereocenters. The Hall–Kier alpha value is -0.650. The van der Waals surface area contributed by atoms with E-state index in [1.807, 2.05) is 24.3 Å². The molecule has 1 N–H and O–H groups in total. The Balaban J connectivity index is 1.45. The van der Waals surface area contributed by atoms with Gasteiger partial charge in [0.2, 0.25) is 0 Å². The number of amides is 1. The first kappa shape index (κ1) is 18.2. The monoisotopic (exact) mass is 364 g/mol. The number of hydrogen-bond acceptors (Lipinski definition) is 4. The largest absolute Gasteiger partial charge is 0.352 e. The van der Waals surface area contributed by atoms with Gasteiger partial charge in [-0.15, -0.1) is 11.8 Å². The van der Waals surface area contributed by atoms with Crippen LogP contribution in [0.2, 0.25) is 0 Å².